The van der Waals surface area contributed by atoms with Gasteiger partial charge in [-0.05, 0) is 12.0 Å². The summed E-state index contributed by atoms with van der Waals surface area (Å²) in [7, 11) is 0. The van der Waals surface area contributed by atoms with Crippen LogP contribution in [0.3, 0.4) is 0 Å². The van der Waals surface area contributed by atoms with Gasteiger partial charge < -0.3 is 10.2 Å². The van der Waals surface area contributed by atoms with Crippen molar-refractivity contribution in [2.24, 2.45) is 5.92 Å². The Bertz CT molecular complexity index is 575. The van der Waals surface area contributed by atoms with Crippen molar-refractivity contribution < 1.29 is 22.8 Å². The fourth-order valence-corrected chi connectivity index (χ4v) is 2.91. The van der Waals surface area contributed by atoms with Crippen molar-refractivity contribution in [3.63, 3.8) is 0 Å². The van der Waals surface area contributed by atoms with Crippen molar-refractivity contribution in [3.05, 3.63) is 35.9 Å². The van der Waals surface area contributed by atoms with Gasteiger partial charge in [0.15, 0.2) is 0 Å². The number of amides is 2. The number of carbonyl (C=O) groups is 2. The first kappa shape index (κ1) is 18.3. The molecule has 1 heterocycles. The lowest BCUT2D eigenvalue weighted by atomic mass is 9.96. The standard InChI is InChI=1S/C17H21F3N2O2/c1-2-12(13-6-4-3-5-7-13)9-21-16(24)14-8-15(23)22(10-14)11-17(18,19)20/h3-7,12,14H,2,8-11H2,1H3,(H,21,24)/t12-,14+/m1/s1. The number of likely N-dealkylation sites (tertiary alicyclic amines) is 1. The highest BCUT2D eigenvalue weighted by molar-refractivity contribution is 5.89. The predicted molar refractivity (Wildman–Crippen MR) is 83.2 cm³/mol. The molecule has 4 nitrogen and oxygen atoms in total. The lowest BCUT2D eigenvalue weighted by molar-refractivity contribution is -0.157. The number of carbonyl (C=O) groups excluding carboxylic acids is 2. The second kappa shape index (κ2) is 7.68. The predicted octanol–water partition coefficient (Wildman–Crippen LogP) is 2.71. The van der Waals surface area contributed by atoms with Crippen molar-refractivity contribution in [1.29, 1.82) is 0 Å². The Morgan fingerprint density at radius 3 is 2.58 bits per heavy atom. The minimum Gasteiger partial charge on any atom is -0.355 e. The number of alkyl halides is 3. The molecule has 1 N–H and O–H groups in total. The molecule has 0 bridgehead atoms. The number of hydrogen-bond acceptors (Lipinski definition) is 2. The van der Waals surface area contributed by atoms with Crippen LogP contribution in [0.5, 0.6) is 0 Å². The summed E-state index contributed by atoms with van der Waals surface area (Å²) in [5, 5.41) is 2.78. The molecule has 1 aromatic carbocycles. The number of nitrogens with zero attached hydrogens (tertiary/aromatic N) is 1. The summed E-state index contributed by atoms with van der Waals surface area (Å²) >= 11 is 0. The van der Waals surface area contributed by atoms with Crippen molar-refractivity contribution in [2.45, 2.75) is 31.9 Å². The summed E-state index contributed by atoms with van der Waals surface area (Å²) in [6, 6.07) is 9.71. The molecule has 0 saturated carbocycles. The molecule has 132 valence electrons. The second-order valence-corrected chi connectivity index (χ2v) is 6.05. The fourth-order valence-electron chi connectivity index (χ4n) is 2.91. The average molecular weight is 342 g/mol. The van der Waals surface area contributed by atoms with E-state index in [1.54, 1.807) is 0 Å². The molecular weight excluding hydrogens is 321 g/mol. The normalized spacial score (nSPS) is 19.4. The first-order valence-electron chi connectivity index (χ1n) is 7.97. The maximum Gasteiger partial charge on any atom is 0.406 e. The Kier molecular flexibility index (Phi) is 5.85. The van der Waals surface area contributed by atoms with Gasteiger partial charge in [-0.1, -0.05) is 37.3 Å². The van der Waals surface area contributed by atoms with Crippen LogP contribution in [0.2, 0.25) is 0 Å². The summed E-state index contributed by atoms with van der Waals surface area (Å²) in [4.78, 5) is 24.5. The van der Waals surface area contributed by atoms with Gasteiger partial charge in [-0.25, -0.2) is 0 Å². The minimum absolute atomic E-state index is 0.138. The number of halogens is 3. The molecule has 2 rings (SSSR count). The monoisotopic (exact) mass is 342 g/mol. The topological polar surface area (TPSA) is 49.4 Å². The molecule has 7 heteroatoms. The van der Waals surface area contributed by atoms with Gasteiger partial charge in [-0.3, -0.25) is 9.59 Å². The molecular formula is C17H21F3N2O2. The molecule has 1 aromatic rings. The van der Waals surface area contributed by atoms with Crippen LogP contribution in [0.4, 0.5) is 13.2 Å². The van der Waals surface area contributed by atoms with E-state index in [1.165, 1.54) is 0 Å². The van der Waals surface area contributed by atoms with Gasteiger partial charge >= 0.3 is 6.18 Å². The molecule has 0 spiro atoms. The molecule has 2 atom stereocenters. The Morgan fingerprint density at radius 2 is 2.00 bits per heavy atom. The quantitative estimate of drug-likeness (QED) is 0.864. The Hall–Kier alpha value is -2.05. The molecule has 1 fully saturated rings. The zero-order valence-electron chi connectivity index (χ0n) is 13.5. The molecule has 0 aliphatic carbocycles. The SMILES string of the molecule is CC[C@H](CNC(=O)[C@H]1CC(=O)N(CC(F)(F)F)C1)c1ccccc1. The molecule has 24 heavy (non-hydrogen) atoms. The van der Waals surface area contributed by atoms with Crippen LogP contribution < -0.4 is 5.32 Å². The highest BCUT2D eigenvalue weighted by Gasteiger charge is 2.40. The van der Waals surface area contributed by atoms with Crippen LogP contribution in [-0.2, 0) is 9.59 Å². The Morgan fingerprint density at radius 1 is 1.33 bits per heavy atom. The maximum absolute atomic E-state index is 12.4. The summed E-state index contributed by atoms with van der Waals surface area (Å²) in [6.07, 6.45) is -3.78. The maximum atomic E-state index is 12.4. The molecule has 1 saturated heterocycles. The Balaban J connectivity index is 1.88. The third kappa shape index (κ3) is 4.97. The van der Waals surface area contributed by atoms with Gasteiger partial charge in [0.05, 0.1) is 5.92 Å². The van der Waals surface area contributed by atoms with Crippen LogP contribution in [0.15, 0.2) is 30.3 Å². The van der Waals surface area contributed by atoms with E-state index in [2.05, 4.69) is 5.32 Å². The summed E-state index contributed by atoms with van der Waals surface area (Å²) in [5.41, 5.74) is 1.10. The second-order valence-electron chi connectivity index (χ2n) is 6.05. The molecule has 0 aromatic heterocycles. The number of rotatable bonds is 6. The van der Waals surface area contributed by atoms with Crippen LogP contribution in [0.25, 0.3) is 0 Å². The van der Waals surface area contributed by atoms with Crippen molar-refractivity contribution in [1.82, 2.24) is 10.2 Å². The fraction of sp³-hybridized carbons (Fsp3) is 0.529. The van der Waals surface area contributed by atoms with Gasteiger partial charge in [0, 0.05) is 25.4 Å². The van der Waals surface area contributed by atoms with Crippen molar-refractivity contribution in [2.75, 3.05) is 19.6 Å². The number of hydrogen-bond donors (Lipinski definition) is 1. The van der Waals surface area contributed by atoms with E-state index < -0.39 is 24.5 Å². The first-order chi connectivity index (χ1) is 11.3. The van der Waals surface area contributed by atoms with Crippen molar-refractivity contribution >= 4 is 11.8 Å². The van der Waals surface area contributed by atoms with Crippen LogP contribution >= 0.6 is 0 Å². The largest absolute Gasteiger partial charge is 0.406 e. The highest BCUT2D eigenvalue weighted by atomic mass is 19.4. The van der Waals surface area contributed by atoms with E-state index in [9.17, 15) is 22.8 Å². The number of nitrogens with one attached hydrogen (secondary N) is 1. The van der Waals surface area contributed by atoms with E-state index in [1.807, 2.05) is 37.3 Å². The van der Waals surface area contributed by atoms with E-state index in [0.29, 0.717) is 11.4 Å². The minimum atomic E-state index is -4.44. The van der Waals surface area contributed by atoms with E-state index >= 15 is 0 Å². The summed E-state index contributed by atoms with van der Waals surface area (Å²) < 4.78 is 37.2. The summed E-state index contributed by atoms with van der Waals surface area (Å²) in [5.74, 6) is -1.56. The van der Waals surface area contributed by atoms with Gasteiger partial charge in [0.2, 0.25) is 11.8 Å². The Labute approximate surface area is 139 Å². The number of benzene rings is 1. The van der Waals surface area contributed by atoms with Crippen LogP contribution in [0.1, 0.15) is 31.2 Å². The molecule has 0 unspecified atom stereocenters. The molecule has 1 aliphatic heterocycles. The molecule has 1 aliphatic rings. The van der Waals surface area contributed by atoms with Gasteiger partial charge in [-0.2, -0.15) is 13.2 Å². The van der Waals surface area contributed by atoms with Gasteiger partial charge in [-0.15, -0.1) is 0 Å². The van der Waals surface area contributed by atoms with E-state index in [-0.39, 0.29) is 24.8 Å². The highest BCUT2D eigenvalue weighted by Crippen LogP contribution is 2.24. The van der Waals surface area contributed by atoms with Crippen LogP contribution in [0, 0.1) is 5.92 Å². The molecule has 0 radical (unpaired) electrons. The third-order valence-corrected chi connectivity index (χ3v) is 4.24. The third-order valence-electron chi connectivity index (χ3n) is 4.24. The van der Waals surface area contributed by atoms with E-state index in [0.717, 1.165) is 12.0 Å². The first-order valence-corrected chi connectivity index (χ1v) is 7.97. The lowest BCUT2D eigenvalue weighted by Crippen LogP contribution is -2.38. The lowest BCUT2D eigenvalue weighted by Gasteiger charge is -2.19. The zero-order valence-corrected chi connectivity index (χ0v) is 13.5. The van der Waals surface area contributed by atoms with Gasteiger partial charge in [0.25, 0.3) is 0 Å². The van der Waals surface area contributed by atoms with Crippen molar-refractivity contribution in [3.8, 4) is 0 Å². The van der Waals surface area contributed by atoms with E-state index in [4.69, 9.17) is 0 Å². The molecule has 2 amide bonds. The summed E-state index contributed by atoms with van der Waals surface area (Å²) in [6.45, 7) is 0.945. The van der Waals surface area contributed by atoms with Crippen LogP contribution in [-0.4, -0.2) is 42.5 Å². The zero-order chi connectivity index (χ0) is 17.7. The average Bonchev–Trinajstić information content (AvgIpc) is 2.88. The smallest absolute Gasteiger partial charge is 0.355 e. The van der Waals surface area contributed by atoms with Gasteiger partial charge in [0.1, 0.15) is 6.54 Å².